The van der Waals surface area contributed by atoms with Crippen LogP contribution in [0.1, 0.15) is 30.6 Å². The summed E-state index contributed by atoms with van der Waals surface area (Å²) in [6.07, 6.45) is -0.128. The van der Waals surface area contributed by atoms with E-state index in [2.05, 4.69) is 5.32 Å². The summed E-state index contributed by atoms with van der Waals surface area (Å²) in [6.45, 7) is 5.22. The first-order valence-corrected chi connectivity index (χ1v) is 7.80. The van der Waals surface area contributed by atoms with Crippen LogP contribution in [0.15, 0.2) is 24.3 Å². The largest absolute Gasteiger partial charge is 0.481 e. The summed E-state index contributed by atoms with van der Waals surface area (Å²) < 4.78 is 5.22. The Balaban J connectivity index is 1.95. The van der Waals surface area contributed by atoms with Crippen molar-refractivity contribution in [3.05, 3.63) is 29.8 Å². The van der Waals surface area contributed by atoms with Crippen LogP contribution in [0.2, 0.25) is 0 Å². The van der Waals surface area contributed by atoms with Crippen LogP contribution in [0.3, 0.4) is 0 Å². The third-order valence-electron chi connectivity index (χ3n) is 3.90. The number of rotatable bonds is 5. The van der Waals surface area contributed by atoms with E-state index in [0.717, 1.165) is 0 Å². The number of benzene rings is 1. The van der Waals surface area contributed by atoms with Gasteiger partial charge >= 0.3 is 5.97 Å². The number of amides is 2. The van der Waals surface area contributed by atoms with Crippen LogP contribution in [0, 0.1) is 5.41 Å². The van der Waals surface area contributed by atoms with Gasteiger partial charge in [0.25, 0.3) is 5.91 Å². The van der Waals surface area contributed by atoms with E-state index in [0.29, 0.717) is 37.6 Å². The molecule has 0 unspecified atom stereocenters. The van der Waals surface area contributed by atoms with Crippen molar-refractivity contribution in [2.24, 2.45) is 5.41 Å². The first kappa shape index (κ1) is 17.9. The molecule has 2 amide bonds. The van der Waals surface area contributed by atoms with E-state index in [-0.39, 0.29) is 18.2 Å². The van der Waals surface area contributed by atoms with Gasteiger partial charge in [-0.15, -0.1) is 0 Å². The van der Waals surface area contributed by atoms with Gasteiger partial charge in [-0.1, -0.05) is 0 Å². The maximum atomic E-state index is 12.3. The summed E-state index contributed by atoms with van der Waals surface area (Å²) in [7, 11) is 0. The monoisotopic (exact) mass is 334 g/mol. The molecule has 0 aliphatic carbocycles. The highest BCUT2D eigenvalue weighted by Crippen LogP contribution is 2.21. The molecular weight excluding hydrogens is 312 g/mol. The van der Waals surface area contributed by atoms with Crippen molar-refractivity contribution in [1.82, 2.24) is 4.90 Å². The Morgan fingerprint density at radius 1 is 1.17 bits per heavy atom. The molecule has 0 spiro atoms. The number of carbonyl (C=O) groups excluding carboxylic acids is 2. The number of carboxylic acid groups (broad SMARTS) is 1. The zero-order chi connectivity index (χ0) is 17.7. The Hall–Kier alpha value is -2.41. The molecule has 0 radical (unpaired) electrons. The van der Waals surface area contributed by atoms with Gasteiger partial charge in [0.05, 0.1) is 18.6 Å². The fraction of sp³-hybridized carbons (Fsp3) is 0.471. The van der Waals surface area contributed by atoms with E-state index in [4.69, 9.17) is 9.84 Å². The van der Waals surface area contributed by atoms with Crippen molar-refractivity contribution in [2.45, 2.75) is 20.3 Å². The summed E-state index contributed by atoms with van der Waals surface area (Å²) >= 11 is 0. The molecule has 1 saturated heterocycles. The minimum Gasteiger partial charge on any atom is -0.481 e. The lowest BCUT2D eigenvalue weighted by atomic mass is 9.89. The standard InChI is InChI=1S/C17H22N2O5/c1-17(2,16(22)23)11-14(20)18-13-5-3-12(4-6-13)15(21)19-7-9-24-10-8-19/h3-6H,7-11H2,1-2H3,(H,18,20)(H,22,23). The van der Waals surface area contributed by atoms with Crippen molar-refractivity contribution >= 4 is 23.5 Å². The molecule has 1 aromatic rings. The number of hydrogen-bond donors (Lipinski definition) is 2. The van der Waals surface area contributed by atoms with Crippen molar-refractivity contribution in [3.63, 3.8) is 0 Å². The topological polar surface area (TPSA) is 95.9 Å². The van der Waals surface area contributed by atoms with Gasteiger partial charge in [-0.2, -0.15) is 0 Å². The van der Waals surface area contributed by atoms with Gasteiger partial charge in [0.15, 0.2) is 0 Å². The predicted molar refractivity (Wildman–Crippen MR) is 87.8 cm³/mol. The maximum absolute atomic E-state index is 12.3. The van der Waals surface area contributed by atoms with Crippen LogP contribution in [-0.2, 0) is 14.3 Å². The smallest absolute Gasteiger partial charge is 0.309 e. The number of nitrogens with zero attached hydrogens (tertiary/aromatic N) is 1. The van der Waals surface area contributed by atoms with Crippen LogP contribution in [0.4, 0.5) is 5.69 Å². The zero-order valence-corrected chi connectivity index (χ0v) is 13.9. The second-order valence-electron chi connectivity index (χ2n) is 6.40. The number of hydrogen-bond acceptors (Lipinski definition) is 4. The van der Waals surface area contributed by atoms with Gasteiger partial charge in [0, 0.05) is 30.8 Å². The average molecular weight is 334 g/mol. The third kappa shape index (κ3) is 4.55. The lowest BCUT2D eigenvalue weighted by Crippen LogP contribution is -2.40. The fourth-order valence-corrected chi connectivity index (χ4v) is 2.33. The van der Waals surface area contributed by atoms with Crippen LogP contribution in [0.25, 0.3) is 0 Å². The number of anilines is 1. The highest BCUT2D eigenvalue weighted by atomic mass is 16.5. The minimum absolute atomic E-state index is 0.0665. The average Bonchev–Trinajstić information content (AvgIpc) is 2.55. The lowest BCUT2D eigenvalue weighted by Gasteiger charge is -2.26. The van der Waals surface area contributed by atoms with E-state index >= 15 is 0 Å². The Morgan fingerprint density at radius 2 is 1.75 bits per heavy atom. The van der Waals surface area contributed by atoms with Crippen molar-refractivity contribution in [1.29, 1.82) is 0 Å². The van der Waals surface area contributed by atoms with Crippen LogP contribution in [0.5, 0.6) is 0 Å². The Kier molecular flexibility index (Phi) is 5.56. The Labute approximate surface area is 140 Å². The van der Waals surface area contributed by atoms with Crippen LogP contribution in [-0.4, -0.2) is 54.1 Å². The van der Waals surface area contributed by atoms with E-state index in [9.17, 15) is 14.4 Å². The summed E-state index contributed by atoms with van der Waals surface area (Å²) in [5.41, 5.74) is -0.0588. The SMILES string of the molecule is CC(C)(CC(=O)Nc1ccc(C(=O)N2CCOCC2)cc1)C(=O)O. The van der Waals surface area contributed by atoms with Gasteiger partial charge in [0.2, 0.25) is 5.91 Å². The van der Waals surface area contributed by atoms with E-state index in [1.165, 1.54) is 13.8 Å². The maximum Gasteiger partial charge on any atom is 0.309 e. The molecule has 24 heavy (non-hydrogen) atoms. The van der Waals surface area contributed by atoms with Crippen molar-refractivity contribution < 1.29 is 24.2 Å². The van der Waals surface area contributed by atoms with Crippen molar-refractivity contribution in [2.75, 3.05) is 31.6 Å². The molecule has 7 heteroatoms. The first-order valence-electron chi connectivity index (χ1n) is 7.80. The van der Waals surface area contributed by atoms with Gasteiger partial charge in [-0.25, -0.2) is 0 Å². The molecule has 2 rings (SSSR count). The molecule has 1 aromatic carbocycles. The van der Waals surface area contributed by atoms with Crippen molar-refractivity contribution in [3.8, 4) is 0 Å². The molecule has 0 bridgehead atoms. The quantitative estimate of drug-likeness (QED) is 0.852. The second kappa shape index (κ2) is 7.44. The second-order valence-corrected chi connectivity index (χ2v) is 6.40. The Bertz CT molecular complexity index is 618. The molecule has 130 valence electrons. The minimum atomic E-state index is -1.13. The van der Waals surface area contributed by atoms with E-state index in [1.807, 2.05) is 0 Å². The molecular formula is C17H22N2O5. The molecule has 7 nitrogen and oxygen atoms in total. The highest BCUT2D eigenvalue weighted by molar-refractivity contribution is 5.96. The zero-order valence-electron chi connectivity index (χ0n) is 13.9. The fourth-order valence-electron chi connectivity index (χ4n) is 2.33. The molecule has 1 aliphatic heterocycles. The van der Waals surface area contributed by atoms with Gasteiger partial charge < -0.3 is 20.1 Å². The molecule has 1 aliphatic rings. The first-order chi connectivity index (χ1) is 11.3. The molecule has 0 aromatic heterocycles. The highest BCUT2D eigenvalue weighted by Gasteiger charge is 2.30. The van der Waals surface area contributed by atoms with Crippen LogP contribution >= 0.6 is 0 Å². The summed E-state index contributed by atoms with van der Waals surface area (Å²) in [5, 5.41) is 11.7. The molecule has 0 saturated carbocycles. The third-order valence-corrected chi connectivity index (χ3v) is 3.90. The number of morpholine rings is 1. The molecule has 1 heterocycles. The van der Waals surface area contributed by atoms with E-state index < -0.39 is 11.4 Å². The summed E-state index contributed by atoms with van der Waals surface area (Å²) in [5.74, 6) is -1.47. The number of carboxylic acids is 1. The molecule has 1 fully saturated rings. The normalized spacial score (nSPS) is 15.0. The van der Waals surface area contributed by atoms with E-state index in [1.54, 1.807) is 29.2 Å². The molecule has 0 atom stereocenters. The molecule has 2 N–H and O–H groups in total. The Morgan fingerprint density at radius 3 is 2.29 bits per heavy atom. The summed E-state index contributed by atoms with van der Waals surface area (Å²) in [4.78, 5) is 37.0. The van der Waals surface area contributed by atoms with Gasteiger partial charge in [0.1, 0.15) is 0 Å². The number of ether oxygens (including phenoxy) is 1. The summed E-state index contributed by atoms with van der Waals surface area (Å²) in [6, 6.07) is 6.57. The predicted octanol–water partition coefficient (Wildman–Crippen LogP) is 1.60. The number of aliphatic carboxylic acids is 1. The van der Waals surface area contributed by atoms with Gasteiger partial charge in [-0.3, -0.25) is 14.4 Å². The van der Waals surface area contributed by atoms with Crippen LogP contribution < -0.4 is 5.32 Å². The number of nitrogens with one attached hydrogen (secondary N) is 1. The number of carbonyl (C=O) groups is 3. The van der Waals surface area contributed by atoms with Gasteiger partial charge in [-0.05, 0) is 38.1 Å². The lowest BCUT2D eigenvalue weighted by molar-refractivity contribution is -0.148.